The third-order valence-corrected chi connectivity index (χ3v) is 40.2. The van der Waals surface area contributed by atoms with Crippen LogP contribution in [0.15, 0.2) is 73.1 Å². The van der Waals surface area contributed by atoms with Gasteiger partial charge in [0.05, 0.1) is 110 Å². The zero-order chi connectivity index (χ0) is 101. The molecule has 0 unspecified atom stereocenters. The minimum absolute atomic E-state index is 0.0537. The van der Waals surface area contributed by atoms with Crippen molar-refractivity contribution in [1.82, 2.24) is 28.7 Å². The summed E-state index contributed by atoms with van der Waals surface area (Å²) in [6.07, 6.45) is 10.3. The SMILES string of the molecule is CC(C)(C)OC(=O)N1[C@@H](CO)C=C[C@H]1CO.CC(C)(C)OC(=O)N1[C@@H](CO[Si](C)(C)C(C)(C)C)C=C[C@H]1CO[Si](C)(C)C(C)(C)C.CC(C)(C)OC(=O)N1[C@@H](CO[Si](C)(C)C(C)(C)C)C[C@H](O)[C@H]1CO[Si](C)(C)C(C)(C)C.CC(C)(C)OC(=O)n1cccc1.COC(=O)[C@H]1C=C[C@@H](C(=O)OC)N1C(=O)OC(C)(C)C.COC(=O)c1ccc(C(=O)OC)n1C(=O)OC(C)(C)C. The van der Waals surface area contributed by atoms with E-state index >= 15 is 0 Å². The first kappa shape index (κ1) is 119. The van der Waals surface area contributed by atoms with Gasteiger partial charge in [-0.05, 0) is 228 Å². The maximum Gasteiger partial charge on any atom is 0.419 e. The Hall–Kier alpha value is -7.73. The highest BCUT2D eigenvalue weighted by Crippen LogP contribution is 2.42. The predicted molar refractivity (Wildman–Crippen MR) is 506 cm³/mol. The van der Waals surface area contributed by atoms with E-state index in [1.165, 1.54) is 62.2 Å². The summed E-state index contributed by atoms with van der Waals surface area (Å²) < 4.78 is 78.5. The standard InChI is InChI=1S/C23H49NO5Si2.C23H47NO4Si2.C13H19NO6.C13H17NO6.C11H19NO4.C9H13NO2/c1-21(2,3)29-20(26)24-17(15-27-30(10,11)22(4,5)6)14-19(25)18(24)16-28-31(12,13)23(7,8)9;1-21(2,3)28-20(25)24-18(16-26-29(10,11)22(4,5)6)14-15-19(24)17-27-30(12,13)23(7,8)9;2*1-13(2,3)20-12(17)14-8(10(15)18-4)6-7-9(14)11(16)19-5;1-11(2,3)16-10(15)12-8(6-13)4-5-9(12)7-14;1-9(2,3)12-8(11)10-6-4-5-7-10/h17-19,25H,14-16H2,1-13H3;14-15,18-19H,16-17H2,1-13H3;6-9H,1-5H3;6-7H,1-5H3;4-5,8-9,13-14H,6-7H2,1-3H3;4-7H,1-3H3/t17-,18-,19+;18-,19+;8-,9+;;8-,9+;/m1...../s1. The van der Waals surface area contributed by atoms with Crippen LogP contribution in [0.1, 0.15) is 235 Å². The Bertz CT molecular complexity index is 3950. The third-order valence-electron chi connectivity index (χ3n) is 22.2. The van der Waals surface area contributed by atoms with Gasteiger partial charge in [-0.2, -0.15) is 0 Å². The lowest BCUT2D eigenvalue weighted by atomic mass is 10.1. The largest absolute Gasteiger partial charge is 0.467 e. The van der Waals surface area contributed by atoms with Crippen molar-refractivity contribution in [2.75, 3.05) is 68.1 Å². The van der Waals surface area contributed by atoms with E-state index < -0.39 is 151 Å². The first-order valence-electron chi connectivity index (χ1n) is 43.8. The van der Waals surface area contributed by atoms with Crippen molar-refractivity contribution in [3.8, 4) is 0 Å². The minimum Gasteiger partial charge on any atom is -0.467 e. The molecule has 740 valence electrons. The van der Waals surface area contributed by atoms with Crippen LogP contribution in [0.25, 0.3) is 0 Å². The van der Waals surface area contributed by atoms with E-state index in [2.05, 4.69) is 167 Å². The van der Waals surface area contributed by atoms with Crippen molar-refractivity contribution in [3.63, 3.8) is 0 Å². The Morgan fingerprint density at radius 2 is 0.605 bits per heavy atom. The summed E-state index contributed by atoms with van der Waals surface area (Å²) in [4.78, 5) is 126. The Labute approximate surface area is 774 Å². The van der Waals surface area contributed by atoms with Crippen molar-refractivity contribution >= 4 is 93.7 Å². The summed E-state index contributed by atoms with van der Waals surface area (Å²) in [5.74, 6) is -2.82. The summed E-state index contributed by atoms with van der Waals surface area (Å²) in [6, 6.07) is 2.39. The van der Waals surface area contributed by atoms with E-state index in [0.29, 0.717) is 32.8 Å². The smallest absolute Gasteiger partial charge is 0.419 e. The summed E-state index contributed by atoms with van der Waals surface area (Å²) in [7, 11) is -3.09. The van der Waals surface area contributed by atoms with Gasteiger partial charge in [0.25, 0.3) is 0 Å². The van der Waals surface area contributed by atoms with E-state index in [9.17, 15) is 53.1 Å². The third kappa shape index (κ3) is 38.4. The fourth-order valence-corrected chi connectivity index (χ4v) is 15.2. The summed E-state index contributed by atoms with van der Waals surface area (Å²) >= 11 is 0. The number of aliphatic hydroxyl groups excluding tert-OH is 3. The number of carbonyl (C=O) groups excluding carboxylic acids is 10. The minimum atomic E-state index is -2.02. The number of aromatic nitrogens is 2. The van der Waals surface area contributed by atoms with Crippen LogP contribution >= 0.6 is 0 Å². The van der Waals surface area contributed by atoms with Gasteiger partial charge in [-0.1, -0.05) is 120 Å². The number of methoxy groups -OCH3 is 4. The van der Waals surface area contributed by atoms with Crippen LogP contribution in [-0.2, 0) is 74.7 Å². The van der Waals surface area contributed by atoms with Crippen LogP contribution in [-0.4, -0.2) is 294 Å². The van der Waals surface area contributed by atoms with Crippen molar-refractivity contribution in [1.29, 1.82) is 0 Å². The molecule has 0 aliphatic carbocycles. The van der Waals surface area contributed by atoms with Gasteiger partial charge in [-0.3, -0.25) is 24.2 Å². The molecule has 0 saturated carbocycles. The van der Waals surface area contributed by atoms with Gasteiger partial charge >= 0.3 is 60.4 Å². The maximum absolute atomic E-state index is 13.2. The first-order chi connectivity index (χ1) is 58.1. The summed E-state index contributed by atoms with van der Waals surface area (Å²) in [5.41, 5.74) is -3.91. The lowest BCUT2D eigenvalue weighted by Gasteiger charge is -2.40. The molecular formula is C92H164N6O27Si4. The quantitative estimate of drug-likeness (QED) is 0.0540. The predicted octanol–water partition coefficient (Wildman–Crippen LogP) is 17.9. The van der Waals surface area contributed by atoms with Crippen molar-refractivity contribution in [2.24, 2.45) is 0 Å². The Balaban J connectivity index is 0.000000794. The molecule has 6 rings (SSSR count). The monoisotopic (exact) mass is 1900 g/mol. The topological polar surface area (TPSA) is 383 Å². The molecule has 9 atom stereocenters. The first-order valence-corrected chi connectivity index (χ1v) is 55.4. The van der Waals surface area contributed by atoms with Crippen LogP contribution < -0.4 is 0 Å². The van der Waals surface area contributed by atoms with Crippen molar-refractivity contribution in [3.05, 3.63) is 84.5 Å². The Morgan fingerprint density at radius 3 is 0.891 bits per heavy atom. The number of hydrogen-bond donors (Lipinski definition) is 3. The molecule has 1 saturated heterocycles. The molecule has 4 aliphatic heterocycles. The molecule has 2 aromatic heterocycles. The zero-order valence-corrected chi connectivity index (χ0v) is 89.9. The molecule has 4 aliphatic rings. The lowest BCUT2D eigenvalue weighted by molar-refractivity contribution is -0.149. The lowest BCUT2D eigenvalue weighted by Crippen LogP contribution is -2.52. The van der Waals surface area contributed by atoms with Crippen molar-refractivity contribution < 1.29 is 128 Å². The van der Waals surface area contributed by atoms with E-state index in [0.717, 1.165) is 9.47 Å². The molecular weight excluding hydrogens is 1730 g/mol. The Kier molecular flexibility index (Phi) is 43.7. The number of hydrogen-bond acceptors (Lipinski definition) is 27. The number of ether oxygens (including phenoxy) is 10. The normalized spacial score (nSPS) is 19.9. The van der Waals surface area contributed by atoms with Crippen LogP contribution in [0.5, 0.6) is 0 Å². The molecule has 0 radical (unpaired) electrons. The van der Waals surface area contributed by atoms with Gasteiger partial charge in [0.1, 0.15) is 45.0 Å². The number of aliphatic hydroxyl groups is 3. The van der Waals surface area contributed by atoms with Crippen LogP contribution in [0.3, 0.4) is 0 Å². The summed E-state index contributed by atoms with van der Waals surface area (Å²) in [6.45, 7) is 77.8. The molecule has 0 bridgehead atoms. The Morgan fingerprint density at radius 1 is 0.341 bits per heavy atom. The number of esters is 4. The number of amides is 4. The molecule has 2 aromatic rings. The van der Waals surface area contributed by atoms with E-state index in [1.54, 1.807) is 104 Å². The fourth-order valence-electron chi connectivity index (χ4n) is 11.1. The highest BCUT2D eigenvalue weighted by Gasteiger charge is 2.51. The van der Waals surface area contributed by atoms with Gasteiger partial charge in [-0.15, -0.1) is 0 Å². The second kappa shape index (κ2) is 47.3. The average Bonchev–Trinajstić information content (AvgIpc) is 1.63. The van der Waals surface area contributed by atoms with Gasteiger partial charge in [0.15, 0.2) is 45.4 Å². The molecule has 0 spiro atoms. The second-order valence-electron chi connectivity index (χ2n) is 44.1. The molecule has 6 heterocycles. The molecule has 1 fully saturated rings. The van der Waals surface area contributed by atoms with Gasteiger partial charge in [0, 0.05) is 12.4 Å². The van der Waals surface area contributed by atoms with Crippen LogP contribution in [0.4, 0.5) is 28.8 Å². The van der Waals surface area contributed by atoms with E-state index in [4.69, 9.17) is 56.3 Å². The van der Waals surface area contributed by atoms with Crippen molar-refractivity contribution in [2.45, 2.75) is 375 Å². The van der Waals surface area contributed by atoms with Gasteiger partial charge in [-0.25, -0.2) is 52.5 Å². The molecule has 3 N–H and O–H groups in total. The highest BCUT2D eigenvalue weighted by atomic mass is 28.4. The van der Waals surface area contributed by atoms with Gasteiger partial charge < -0.3 is 80.4 Å². The second-order valence-corrected chi connectivity index (χ2v) is 63.3. The van der Waals surface area contributed by atoms with E-state index in [-0.39, 0.29) is 75.1 Å². The molecule has 0 aromatic carbocycles. The van der Waals surface area contributed by atoms with Crippen LogP contribution in [0, 0.1) is 0 Å². The maximum atomic E-state index is 13.2. The molecule has 4 amide bonds. The number of nitrogens with zero attached hydrogens (tertiary/aromatic N) is 6. The zero-order valence-electron chi connectivity index (χ0n) is 85.9. The number of carbonyl (C=O) groups is 10. The molecule has 33 nitrogen and oxygen atoms in total. The summed E-state index contributed by atoms with van der Waals surface area (Å²) in [5, 5.41) is 29.5. The van der Waals surface area contributed by atoms with E-state index in [1.807, 2.05) is 67.2 Å². The average molecular weight is 1900 g/mol. The van der Waals surface area contributed by atoms with Gasteiger partial charge in [0.2, 0.25) is 0 Å². The highest BCUT2D eigenvalue weighted by molar-refractivity contribution is 6.75. The molecule has 37 heteroatoms. The number of rotatable bonds is 18. The molecule has 129 heavy (non-hydrogen) atoms. The fraction of sp³-hybridized carbons (Fsp3) is 0.739. The number of likely N-dealkylation sites (tertiary alicyclic amines) is 1. The van der Waals surface area contributed by atoms with Crippen LogP contribution in [0.2, 0.25) is 72.5 Å².